The normalized spacial score (nSPS) is 10.2. The number of nitrogens with zero attached hydrogens (tertiary/aromatic N) is 4. The molecule has 1 amide bonds. The van der Waals surface area contributed by atoms with E-state index in [0.29, 0.717) is 11.4 Å². The SMILES string of the molecule is COc1ccnc(NC(=O)c2ccnn2C(C)C)c1C#N. The molecule has 7 nitrogen and oxygen atoms in total. The zero-order valence-electron chi connectivity index (χ0n) is 12.0. The van der Waals surface area contributed by atoms with Crippen molar-refractivity contribution in [1.82, 2.24) is 14.8 Å². The van der Waals surface area contributed by atoms with Crippen LogP contribution in [0.1, 0.15) is 35.9 Å². The van der Waals surface area contributed by atoms with Gasteiger partial charge < -0.3 is 10.1 Å². The van der Waals surface area contributed by atoms with Crippen LogP contribution in [0.25, 0.3) is 0 Å². The second-order valence-corrected chi connectivity index (χ2v) is 4.56. The third-order valence-electron chi connectivity index (χ3n) is 2.87. The molecule has 0 spiro atoms. The average Bonchev–Trinajstić information content (AvgIpc) is 2.96. The number of methoxy groups -OCH3 is 1. The Hall–Kier alpha value is -2.88. The molecular formula is C14H15N5O2. The van der Waals surface area contributed by atoms with Crippen LogP contribution in [0.4, 0.5) is 5.82 Å². The number of nitriles is 1. The molecule has 0 saturated heterocycles. The number of pyridine rings is 1. The Balaban J connectivity index is 2.33. The predicted octanol–water partition coefficient (Wildman–Crippen LogP) is 1.99. The van der Waals surface area contributed by atoms with E-state index in [1.54, 1.807) is 23.0 Å². The topological polar surface area (TPSA) is 92.8 Å². The van der Waals surface area contributed by atoms with Gasteiger partial charge in [-0.15, -0.1) is 0 Å². The molecule has 0 aliphatic carbocycles. The lowest BCUT2D eigenvalue weighted by molar-refractivity contribution is 0.101. The third-order valence-corrected chi connectivity index (χ3v) is 2.87. The molecule has 1 N–H and O–H groups in total. The second-order valence-electron chi connectivity index (χ2n) is 4.56. The van der Waals surface area contributed by atoms with E-state index >= 15 is 0 Å². The fourth-order valence-electron chi connectivity index (χ4n) is 1.89. The van der Waals surface area contributed by atoms with Crippen LogP contribution in [0, 0.1) is 11.3 Å². The number of rotatable bonds is 4. The minimum Gasteiger partial charge on any atom is -0.495 e. The molecule has 2 aromatic rings. The smallest absolute Gasteiger partial charge is 0.275 e. The molecule has 2 aromatic heterocycles. The summed E-state index contributed by atoms with van der Waals surface area (Å²) in [5.41, 5.74) is 0.586. The van der Waals surface area contributed by atoms with Gasteiger partial charge in [0.1, 0.15) is 23.1 Å². The van der Waals surface area contributed by atoms with Crippen molar-refractivity contribution in [3.8, 4) is 11.8 Å². The molecule has 2 heterocycles. The lowest BCUT2D eigenvalue weighted by Crippen LogP contribution is -2.20. The number of amides is 1. The van der Waals surface area contributed by atoms with Crippen molar-refractivity contribution in [2.24, 2.45) is 0 Å². The highest BCUT2D eigenvalue weighted by atomic mass is 16.5. The van der Waals surface area contributed by atoms with E-state index in [9.17, 15) is 10.1 Å². The Kier molecular flexibility index (Phi) is 4.18. The molecule has 0 fully saturated rings. The summed E-state index contributed by atoms with van der Waals surface area (Å²) in [6.07, 6.45) is 3.02. The number of hydrogen-bond donors (Lipinski definition) is 1. The van der Waals surface area contributed by atoms with Crippen molar-refractivity contribution in [2.75, 3.05) is 12.4 Å². The van der Waals surface area contributed by atoms with Crippen LogP contribution in [0.2, 0.25) is 0 Å². The Labute approximate surface area is 122 Å². The molecule has 0 bridgehead atoms. The highest BCUT2D eigenvalue weighted by Crippen LogP contribution is 2.23. The van der Waals surface area contributed by atoms with Gasteiger partial charge in [0.15, 0.2) is 5.82 Å². The number of nitrogens with one attached hydrogen (secondary N) is 1. The number of hydrogen-bond acceptors (Lipinski definition) is 5. The fourth-order valence-corrected chi connectivity index (χ4v) is 1.89. The molecule has 108 valence electrons. The lowest BCUT2D eigenvalue weighted by Gasteiger charge is -2.12. The first kappa shape index (κ1) is 14.5. The minimum absolute atomic E-state index is 0.0504. The maximum absolute atomic E-state index is 12.3. The minimum atomic E-state index is -0.376. The average molecular weight is 285 g/mol. The molecule has 7 heteroatoms. The lowest BCUT2D eigenvalue weighted by atomic mass is 10.2. The third kappa shape index (κ3) is 2.84. The van der Waals surface area contributed by atoms with Gasteiger partial charge in [0.2, 0.25) is 0 Å². The number of anilines is 1. The van der Waals surface area contributed by atoms with Crippen LogP contribution in [0.3, 0.4) is 0 Å². The van der Waals surface area contributed by atoms with Crippen LogP contribution in [-0.4, -0.2) is 27.8 Å². The Bertz CT molecular complexity index is 700. The molecular weight excluding hydrogens is 270 g/mol. The zero-order valence-corrected chi connectivity index (χ0v) is 12.0. The Morgan fingerprint density at radius 3 is 2.81 bits per heavy atom. The largest absolute Gasteiger partial charge is 0.495 e. The second kappa shape index (κ2) is 6.05. The summed E-state index contributed by atoms with van der Waals surface area (Å²) in [4.78, 5) is 16.3. The van der Waals surface area contributed by atoms with E-state index in [4.69, 9.17) is 4.74 Å². The molecule has 21 heavy (non-hydrogen) atoms. The van der Waals surface area contributed by atoms with Gasteiger partial charge in [-0.25, -0.2) is 4.98 Å². The van der Waals surface area contributed by atoms with Crippen LogP contribution >= 0.6 is 0 Å². The zero-order chi connectivity index (χ0) is 15.4. The predicted molar refractivity (Wildman–Crippen MR) is 76.1 cm³/mol. The van der Waals surface area contributed by atoms with Crippen molar-refractivity contribution in [2.45, 2.75) is 19.9 Å². The standard InChI is InChI=1S/C14H15N5O2/c1-9(2)19-11(4-7-17-19)14(20)18-13-10(8-15)12(21-3)5-6-16-13/h4-7,9H,1-3H3,(H,16,18,20). The van der Waals surface area contributed by atoms with Crippen molar-refractivity contribution < 1.29 is 9.53 Å². The number of carbonyl (C=O) groups excluding carboxylic acids is 1. The summed E-state index contributed by atoms with van der Waals surface area (Å²) in [5, 5.41) is 15.9. The molecule has 0 atom stereocenters. The first-order chi connectivity index (χ1) is 10.1. The summed E-state index contributed by atoms with van der Waals surface area (Å²) >= 11 is 0. The summed E-state index contributed by atoms with van der Waals surface area (Å²) in [5.74, 6) is 0.150. The van der Waals surface area contributed by atoms with E-state index in [1.807, 2.05) is 19.9 Å². The maximum atomic E-state index is 12.3. The van der Waals surface area contributed by atoms with E-state index in [-0.39, 0.29) is 23.3 Å². The summed E-state index contributed by atoms with van der Waals surface area (Å²) in [6, 6.07) is 5.20. The maximum Gasteiger partial charge on any atom is 0.275 e. The van der Waals surface area contributed by atoms with Crippen LogP contribution < -0.4 is 10.1 Å². The quantitative estimate of drug-likeness (QED) is 0.927. The van der Waals surface area contributed by atoms with Crippen molar-refractivity contribution >= 4 is 11.7 Å². The van der Waals surface area contributed by atoms with Gasteiger partial charge >= 0.3 is 0 Å². The van der Waals surface area contributed by atoms with Crippen molar-refractivity contribution in [1.29, 1.82) is 5.26 Å². The first-order valence-corrected chi connectivity index (χ1v) is 6.36. The highest BCUT2D eigenvalue weighted by molar-refractivity contribution is 6.03. The first-order valence-electron chi connectivity index (χ1n) is 6.36. The van der Waals surface area contributed by atoms with Crippen LogP contribution in [-0.2, 0) is 0 Å². The molecule has 2 rings (SSSR count). The van der Waals surface area contributed by atoms with E-state index in [2.05, 4.69) is 15.4 Å². The number of ether oxygens (including phenoxy) is 1. The molecule has 0 aromatic carbocycles. The molecule has 0 aliphatic rings. The van der Waals surface area contributed by atoms with E-state index in [1.165, 1.54) is 13.3 Å². The van der Waals surface area contributed by atoms with Gasteiger partial charge in [-0.2, -0.15) is 10.4 Å². The highest BCUT2D eigenvalue weighted by Gasteiger charge is 2.17. The molecule has 0 saturated carbocycles. The van der Waals surface area contributed by atoms with Gasteiger partial charge in [-0.1, -0.05) is 0 Å². The van der Waals surface area contributed by atoms with Crippen molar-refractivity contribution in [3.05, 3.63) is 35.8 Å². The summed E-state index contributed by atoms with van der Waals surface area (Å²) in [7, 11) is 1.45. The molecule has 0 unspecified atom stereocenters. The van der Waals surface area contributed by atoms with Gasteiger partial charge in [0.05, 0.1) is 7.11 Å². The van der Waals surface area contributed by atoms with E-state index < -0.39 is 0 Å². The van der Waals surface area contributed by atoms with Crippen molar-refractivity contribution in [3.63, 3.8) is 0 Å². The van der Waals surface area contributed by atoms with Crippen LogP contribution in [0.5, 0.6) is 5.75 Å². The van der Waals surface area contributed by atoms with Gasteiger partial charge in [-0.3, -0.25) is 9.48 Å². The molecule has 0 aliphatic heterocycles. The fraction of sp³-hybridized carbons (Fsp3) is 0.286. The number of carbonyl (C=O) groups is 1. The summed E-state index contributed by atoms with van der Waals surface area (Å²) < 4.78 is 6.68. The summed E-state index contributed by atoms with van der Waals surface area (Å²) in [6.45, 7) is 3.85. The van der Waals surface area contributed by atoms with Gasteiger partial charge in [0.25, 0.3) is 5.91 Å². The van der Waals surface area contributed by atoms with Crippen LogP contribution in [0.15, 0.2) is 24.5 Å². The monoisotopic (exact) mass is 285 g/mol. The Morgan fingerprint density at radius 1 is 1.43 bits per heavy atom. The number of aromatic nitrogens is 3. The van der Waals surface area contributed by atoms with Gasteiger partial charge in [-0.05, 0) is 26.0 Å². The van der Waals surface area contributed by atoms with E-state index in [0.717, 1.165) is 0 Å². The molecule has 0 radical (unpaired) electrons. The Morgan fingerprint density at radius 2 is 2.19 bits per heavy atom. The van der Waals surface area contributed by atoms with Gasteiger partial charge in [0, 0.05) is 18.4 Å².